The van der Waals surface area contributed by atoms with Crippen molar-refractivity contribution in [3.8, 4) is 0 Å². The molecule has 0 saturated carbocycles. The highest BCUT2D eigenvalue weighted by atomic mass is 16.5. The Labute approximate surface area is 120 Å². The molecule has 0 aliphatic carbocycles. The van der Waals surface area contributed by atoms with Crippen molar-refractivity contribution < 1.29 is 9.53 Å². The van der Waals surface area contributed by atoms with Crippen LogP contribution >= 0.6 is 0 Å². The molecular weight excluding hydrogens is 254 g/mol. The predicted molar refractivity (Wildman–Crippen MR) is 79.3 cm³/mol. The number of hydrogen-bond donors (Lipinski definition) is 2. The Bertz CT molecular complexity index is 447. The summed E-state index contributed by atoms with van der Waals surface area (Å²) in [6, 6.07) is 8.54. The summed E-state index contributed by atoms with van der Waals surface area (Å²) >= 11 is 0. The van der Waals surface area contributed by atoms with Crippen molar-refractivity contribution in [2.45, 2.75) is 38.4 Å². The molecule has 2 atom stereocenters. The van der Waals surface area contributed by atoms with Gasteiger partial charge in [-0.25, -0.2) is 5.84 Å². The molecule has 5 heteroatoms. The summed E-state index contributed by atoms with van der Waals surface area (Å²) in [4.78, 5) is 13.6. The van der Waals surface area contributed by atoms with Gasteiger partial charge in [-0.05, 0) is 37.0 Å². The SMILES string of the molecule is CCc1ccc(N(C)CC2CCC(C(=O)NN)O2)cc1. The largest absolute Gasteiger partial charge is 0.372 e. The Morgan fingerprint density at radius 3 is 2.70 bits per heavy atom. The van der Waals surface area contributed by atoms with E-state index in [0.717, 1.165) is 31.5 Å². The molecule has 1 aliphatic rings. The van der Waals surface area contributed by atoms with Crippen LogP contribution < -0.4 is 16.2 Å². The molecule has 5 nitrogen and oxygen atoms in total. The zero-order chi connectivity index (χ0) is 14.5. The number of carbonyl (C=O) groups excluding carboxylic acids is 1. The number of nitrogens with two attached hydrogens (primary N) is 1. The van der Waals surface area contributed by atoms with Crippen LogP contribution in [0.15, 0.2) is 24.3 Å². The number of anilines is 1. The molecule has 3 N–H and O–H groups in total. The Balaban J connectivity index is 1.88. The molecule has 20 heavy (non-hydrogen) atoms. The summed E-state index contributed by atoms with van der Waals surface area (Å²) in [5.41, 5.74) is 4.64. The van der Waals surface area contributed by atoms with Crippen molar-refractivity contribution >= 4 is 11.6 Å². The van der Waals surface area contributed by atoms with Gasteiger partial charge in [0.25, 0.3) is 5.91 Å². The minimum Gasteiger partial charge on any atom is -0.372 e. The molecule has 1 aliphatic heterocycles. The fraction of sp³-hybridized carbons (Fsp3) is 0.533. The maximum absolute atomic E-state index is 11.4. The van der Waals surface area contributed by atoms with E-state index in [9.17, 15) is 4.79 Å². The number of benzene rings is 1. The molecule has 1 aromatic rings. The molecule has 2 unspecified atom stereocenters. The van der Waals surface area contributed by atoms with E-state index in [2.05, 4.69) is 41.5 Å². The number of ether oxygens (including phenoxy) is 1. The fourth-order valence-electron chi connectivity index (χ4n) is 2.52. The second-order valence-corrected chi connectivity index (χ2v) is 5.23. The standard InChI is InChI=1S/C15H23N3O2/c1-3-11-4-6-12(7-5-11)18(2)10-13-8-9-14(20-13)15(19)17-16/h4-7,13-14H,3,8-10,16H2,1-2H3,(H,17,19). The van der Waals surface area contributed by atoms with Gasteiger partial charge in [0.1, 0.15) is 6.10 Å². The predicted octanol–water partition coefficient (Wildman–Crippen LogP) is 1.22. The first-order valence-corrected chi connectivity index (χ1v) is 7.10. The molecule has 1 heterocycles. The highest BCUT2D eigenvalue weighted by Gasteiger charge is 2.30. The Hall–Kier alpha value is -1.59. The second-order valence-electron chi connectivity index (χ2n) is 5.23. The highest BCUT2D eigenvalue weighted by molar-refractivity contribution is 5.80. The van der Waals surface area contributed by atoms with Crippen LogP contribution in [0.3, 0.4) is 0 Å². The lowest BCUT2D eigenvalue weighted by atomic mass is 10.1. The van der Waals surface area contributed by atoms with E-state index in [1.807, 2.05) is 7.05 Å². The van der Waals surface area contributed by atoms with Crippen LogP contribution in [0.5, 0.6) is 0 Å². The molecular formula is C15H23N3O2. The van der Waals surface area contributed by atoms with E-state index >= 15 is 0 Å². The lowest BCUT2D eigenvalue weighted by Gasteiger charge is -2.23. The average Bonchev–Trinajstić information content (AvgIpc) is 2.95. The van der Waals surface area contributed by atoms with E-state index in [1.54, 1.807) is 0 Å². The number of aryl methyl sites for hydroxylation is 1. The van der Waals surface area contributed by atoms with Gasteiger partial charge in [-0.1, -0.05) is 19.1 Å². The number of nitrogens with zero attached hydrogens (tertiary/aromatic N) is 1. The maximum atomic E-state index is 11.4. The molecule has 1 fully saturated rings. The van der Waals surface area contributed by atoms with Crippen molar-refractivity contribution in [3.63, 3.8) is 0 Å². The van der Waals surface area contributed by atoms with Gasteiger partial charge in [-0.2, -0.15) is 0 Å². The molecule has 1 aromatic carbocycles. The number of likely N-dealkylation sites (N-methyl/N-ethyl adjacent to an activating group) is 1. The lowest BCUT2D eigenvalue weighted by molar-refractivity contribution is -0.131. The lowest BCUT2D eigenvalue weighted by Crippen LogP contribution is -2.40. The van der Waals surface area contributed by atoms with E-state index in [1.165, 1.54) is 5.56 Å². The summed E-state index contributed by atoms with van der Waals surface area (Å²) in [6.07, 6.45) is 2.34. The third-order valence-corrected chi connectivity index (χ3v) is 3.81. The number of carbonyl (C=O) groups is 1. The number of hydrogen-bond acceptors (Lipinski definition) is 4. The minimum atomic E-state index is -0.402. The summed E-state index contributed by atoms with van der Waals surface area (Å²) in [6.45, 7) is 2.92. The van der Waals surface area contributed by atoms with Crippen molar-refractivity contribution in [2.24, 2.45) is 5.84 Å². The smallest absolute Gasteiger partial charge is 0.263 e. The van der Waals surface area contributed by atoms with E-state index in [-0.39, 0.29) is 12.0 Å². The number of nitrogens with one attached hydrogen (secondary N) is 1. The minimum absolute atomic E-state index is 0.0770. The van der Waals surface area contributed by atoms with Crippen LogP contribution in [0.1, 0.15) is 25.3 Å². The van der Waals surface area contributed by atoms with Gasteiger partial charge in [0.2, 0.25) is 0 Å². The van der Waals surface area contributed by atoms with E-state index < -0.39 is 6.10 Å². The Morgan fingerprint density at radius 2 is 2.10 bits per heavy atom. The quantitative estimate of drug-likeness (QED) is 0.482. The van der Waals surface area contributed by atoms with E-state index in [4.69, 9.17) is 10.6 Å². The van der Waals surface area contributed by atoms with Gasteiger partial charge < -0.3 is 9.64 Å². The van der Waals surface area contributed by atoms with Gasteiger partial charge in [0, 0.05) is 19.3 Å². The Kier molecular flexibility index (Phi) is 4.98. The summed E-state index contributed by atoms with van der Waals surface area (Å²) < 4.78 is 5.72. The molecule has 0 spiro atoms. The average molecular weight is 277 g/mol. The van der Waals surface area contributed by atoms with Crippen LogP contribution in [0.25, 0.3) is 0 Å². The Morgan fingerprint density at radius 1 is 1.40 bits per heavy atom. The normalized spacial score (nSPS) is 21.8. The van der Waals surface area contributed by atoms with Crippen molar-refractivity contribution in [3.05, 3.63) is 29.8 Å². The van der Waals surface area contributed by atoms with Crippen LogP contribution in [0, 0.1) is 0 Å². The monoisotopic (exact) mass is 277 g/mol. The first kappa shape index (κ1) is 14.8. The molecule has 110 valence electrons. The van der Waals surface area contributed by atoms with E-state index in [0.29, 0.717) is 0 Å². The molecule has 2 rings (SSSR count). The number of hydrazine groups is 1. The second kappa shape index (κ2) is 6.72. The third-order valence-electron chi connectivity index (χ3n) is 3.81. The summed E-state index contributed by atoms with van der Waals surface area (Å²) in [5.74, 6) is 4.89. The first-order chi connectivity index (χ1) is 9.63. The topological polar surface area (TPSA) is 67.6 Å². The molecule has 0 aromatic heterocycles. The summed E-state index contributed by atoms with van der Waals surface area (Å²) in [5, 5.41) is 0. The number of amides is 1. The van der Waals surface area contributed by atoms with Crippen molar-refractivity contribution in [1.29, 1.82) is 0 Å². The summed E-state index contributed by atoms with van der Waals surface area (Å²) in [7, 11) is 2.04. The van der Waals surface area contributed by atoms with Crippen LogP contribution in [0.2, 0.25) is 0 Å². The molecule has 0 bridgehead atoms. The van der Waals surface area contributed by atoms with Gasteiger partial charge in [-0.15, -0.1) is 0 Å². The maximum Gasteiger partial charge on any atom is 0.263 e. The van der Waals surface area contributed by atoms with Crippen LogP contribution in [-0.4, -0.2) is 31.7 Å². The molecule has 0 radical (unpaired) electrons. The first-order valence-electron chi connectivity index (χ1n) is 7.10. The third kappa shape index (κ3) is 3.49. The fourth-order valence-corrected chi connectivity index (χ4v) is 2.52. The molecule has 1 amide bonds. The van der Waals surface area contributed by atoms with Crippen molar-refractivity contribution in [2.75, 3.05) is 18.5 Å². The zero-order valence-corrected chi connectivity index (χ0v) is 12.1. The highest BCUT2D eigenvalue weighted by Crippen LogP contribution is 2.22. The van der Waals surface area contributed by atoms with Gasteiger partial charge in [0.15, 0.2) is 0 Å². The van der Waals surface area contributed by atoms with Gasteiger partial charge >= 0.3 is 0 Å². The van der Waals surface area contributed by atoms with Crippen molar-refractivity contribution in [1.82, 2.24) is 5.43 Å². The van der Waals surface area contributed by atoms with Gasteiger partial charge in [0.05, 0.1) is 6.10 Å². The zero-order valence-electron chi connectivity index (χ0n) is 12.1. The van der Waals surface area contributed by atoms with Gasteiger partial charge in [-0.3, -0.25) is 10.2 Å². The van der Waals surface area contributed by atoms with Crippen LogP contribution in [0.4, 0.5) is 5.69 Å². The number of rotatable bonds is 5. The van der Waals surface area contributed by atoms with Crippen LogP contribution in [-0.2, 0) is 16.0 Å². The molecule has 1 saturated heterocycles.